The minimum Gasteiger partial charge on any atom is -0.496 e. The Kier molecular flexibility index (Phi) is 3.38. The van der Waals surface area contributed by atoms with Gasteiger partial charge in [-0.05, 0) is 35.5 Å². The lowest BCUT2D eigenvalue weighted by Crippen LogP contribution is -2.38. The van der Waals surface area contributed by atoms with Gasteiger partial charge in [0.05, 0.1) is 7.11 Å². The molecule has 126 valence electrons. The minimum absolute atomic E-state index is 0.000311. The maximum absolute atomic E-state index is 11.9. The Balaban J connectivity index is 1.89. The second kappa shape index (κ2) is 5.23. The molecule has 0 aromatic heterocycles. The fourth-order valence-corrected chi connectivity index (χ4v) is 4.70. The van der Waals surface area contributed by atoms with Crippen molar-refractivity contribution in [3.8, 4) is 5.75 Å². The molecule has 1 aromatic rings. The zero-order chi connectivity index (χ0) is 17.1. The first-order chi connectivity index (χ1) is 11.5. The minimum atomic E-state index is -0.112. The second-order valence-electron chi connectivity index (χ2n) is 7.64. The topological polar surface area (TPSA) is 35.5 Å². The van der Waals surface area contributed by atoms with E-state index in [1.807, 2.05) is 0 Å². The lowest BCUT2D eigenvalue weighted by atomic mass is 9.59. The van der Waals surface area contributed by atoms with Crippen LogP contribution < -0.4 is 4.74 Å². The fourth-order valence-electron chi connectivity index (χ4n) is 4.70. The molecular weight excluding hydrogens is 300 g/mol. The van der Waals surface area contributed by atoms with Gasteiger partial charge >= 0.3 is 5.97 Å². The summed E-state index contributed by atoms with van der Waals surface area (Å²) in [5.74, 6) is 1.55. The van der Waals surface area contributed by atoms with Crippen LogP contribution in [0, 0.1) is 5.92 Å². The number of hydrogen-bond acceptors (Lipinski definition) is 3. The number of benzene rings is 1. The van der Waals surface area contributed by atoms with Crippen LogP contribution in [0.25, 0.3) is 6.08 Å². The molecule has 0 saturated heterocycles. The van der Waals surface area contributed by atoms with Gasteiger partial charge in [-0.1, -0.05) is 45.1 Å². The van der Waals surface area contributed by atoms with Gasteiger partial charge in [-0.3, -0.25) is 0 Å². The SMILES string of the molecule is COc1c(C(C)C)ccc2c1C=C[C@@H]1C3=C(CC[C@]21C)C(=O)OC3. The highest BCUT2D eigenvalue weighted by molar-refractivity contribution is 5.92. The van der Waals surface area contributed by atoms with Crippen LogP contribution in [-0.2, 0) is 14.9 Å². The standard InChI is InChI=1S/C21H24O3/c1-12(2)13-5-7-17-15(19(13)23-4)6-8-18-16-11-24-20(22)14(16)9-10-21(17,18)3/h5-8,12,18H,9-11H2,1-4H3/t18-,21-/m1/s1. The molecule has 4 rings (SSSR count). The summed E-state index contributed by atoms with van der Waals surface area (Å²) in [5.41, 5.74) is 5.88. The van der Waals surface area contributed by atoms with E-state index < -0.39 is 0 Å². The smallest absolute Gasteiger partial charge is 0.334 e. The second-order valence-corrected chi connectivity index (χ2v) is 7.64. The van der Waals surface area contributed by atoms with E-state index in [9.17, 15) is 4.79 Å². The summed E-state index contributed by atoms with van der Waals surface area (Å²) >= 11 is 0. The fraction of sp³-hybridized carbons (Fsp3) is 0.476. The average molecular weight is 324 g/mol. The molecule has 3 nitrogen and oxygen atoms in total. The Morgan fingerprint density at radius 3 is 2.83 bits per heavy atom. The first-order valence-electron chi connectivity index (χ1n) is 8.76. The molecule has 0 spiro atoms. The number of rotatable bonds is 2. The van der Waals surface area contributed by atoms with E-state index in [0.29, 0.717) is 12.5 Å². The summed E-state index contributed by atoms with van der Waals surface area (Å²) in [4.78, 5) is 11.9. The van der Waals surface area contributed by atoms with Crippen molar-refractivity contribution in [3.05, 3.63) is 46.0 Å². The zero-order valence-electron chi connectivity index (χ0n) is 14.8. The summed E-state index contributed by atoms with van der Waals surface area (Å²) < 4.78 is 11.1. The van der Waals surface area contributed by atoms with E-state index in [1.165, 1.54) is 22.3 Å². The molecule has 0 saturated carbocycles. The molecule has 0 radical (unpaired) electrons. The van der Waals surface area contributed by atoms with Gasteiger partial charge in [-0.15, -0.1) is 0 Å². The molecule has 2 atom stereocenters. The lowest BCUT2D eigenvalue weighted by molar-refractivity contribution is -0.136. The Labute approximate surface area is 143 Å². The monoisotopic (exact) mass is 324 g/mol. The molecule has 24 heavy (non-hydrogen) atoms. The maximum Gasteiger partial charge on any atom is 0.334 e. The highest BCUT2D eigenvalue weighted by atomic mass is 16.5. The van der Waals surface area contributed by atoms with Crippen molar-refractivity contribution >= 4 is 12.0 Å². The first-order valence-corrected chi connectivity index (χ1v) is 8.76. The molecule has 1 aliphatic heterocycles. The van der Waals surface area contributed by atoms with Crippen LogP contribution in [0.4, 0.5) is 0 Å². The highest BCUT2D eigenvalue weighted by Crippen LogP contribution is 2.54. The van der Waals surface area contributed by atoms with E-state index in [2.05, 4.69) is 45.1 Å². The molecule has 0 N–H and O–H groups in total. The van der Waals surface area contributed by atoms with Crippen molar-refractivity contribution in [1.29, 1.82) is 0 Å². The Morgan fingerprint density at radius 1 is 1.33 bits per heavy atom. The van der Waals surface area contributed by atoms with Gasteiger partial charge in [0, 0.05) is 22.5 Å². The molecule has 1 heterocycles. The number of hydrogen-bond donors (Lipinski definition) is 0. The van der Waals surface area contributed by atoms with Crippen LogP contribution in [0.2, 0.25) is 0 Å². The van der Waals surface area contributed by atoms with E-state index in [-0.39, 0.29) is 17.3 Å². The quantitative estimate of drug-likeness (QED) is 0.758. The summed E-state index contributed by atoms with van der Waals surface area (Å²) in [7, 11) is 1.76. The Bertz CT molecular complexity index is 785. The van der Waals surface area contributed by atoms with Gasteiger partial charge in [-0.25, -0.2) is 4.79 Å². The van der Waals surface area contributed by atoms with Crippen LogP contribution in [-0.4, -0.2) is 19.7 Å². The molecule has 2 aliphatic carbocycles. The van der Waals surface area contributed by atoms with Gasteiger partial charge in [0.1, 0.15) is 12.4 Å². The highest BCUT2D eigenvalue weighted by Gasteiger charge is 2.47. The predicted molar refractivity (Wildman–Crippen MR) is 94.2 cm³/mol. The van der Waals surface area contributed by atoms with Crippen LogP contribution in [0.3, 0.4) is 0 Å². The van der Waals surface area contributed by atoms with E-state index in [1.54, 1.807) is 7.11 Å². The Hall–Kier alpha value is -2.03. The predicted octanol–water partition coefficient (Wildman–Crippen LogP) is 4.37. The van der Waals surface area contributed by atoms with Gasteiger partial charge in [0.15, 0.2) is 0 Å². The van der Waals surface area contributed by atoms with Gasteiger partial charge in [0.2, 0.25) is 0 Å². The molecule has 0 unspecified atom stereocenters. The van der Waals surface area contributed by atoms with Crippen LogP contribution in [0.15, 0.2) is 29.4 Å². The first kappa shape index (κ1) is 15.5. The molecular formula is C21H24O3. The van der Waals surface area contributed by atoms with Crippen LogP contribution in [0.1, 0.15) is 56.2 Å². The van der Waals surface area contributed by atoms with Crippen molar-refractivity contribution in [2.24, 2.45) is 5.92 Å². The van der Waals surface area contributed by atoms with E-state index in [0.717, 1.165) is 24.2 Å². The van der Waals surface area contributed by atoms with E-state index in [4.69, 9.17) is 9.47 Å². The maximum atomic E-state index is 11.9. The van der Waals surface area contributed by atoms with Crippen molar-refractivity contribution in [2.75, 3.05) is 13.7 Å². The molecule has 3 heteroatoms. The lowest BCUT2D eigenvalue weighted by Gasteiger charge is -2.44. The van der Waals surface area contributed by atoms with Crippen LogP contribution >= 0.6 is 0 Å². The number of fused-ring (bicyclic) bond motifs is 4. The molecule has 3 aliphatic rings. The third kappa shape index (κ3) is 1.93. The summed E-state index contributed by atoms with van der Waals surface area (Å²) in [6, 6.07) is 4.48. The number of cyclic esters (lactones) is 1. The summed E-state index contributed by atoms with van der Waals surface area (Å²) in [6.45, 7) is 7.16. The van der Waals surface area contributed by atoms with Gasteiger partial charge in [-0.2, -0.15) is 0 Å². The van der Waals surface area contributed by atoms with Crippen molar-refractivity contribution in [1.82, 2.24) is 0 Å². The number of carbonyl (C=O) groups excluding carboxylic acids is 1. The van der Waals surface area contributed by atoms with Gasteiger partial charge in [0.25, 0.3) is 0 Å². The number of ether oxygens (including phenoxy) is 2. The molecule has 0 bridgehead atoms. The Morgan fingerprint density at radius 2 is 2.12 bits per heavy atom. The largest absolute Gasteiger partial charge is 0.496 e. The van der Waals surface area contributed by atoms with Crippen molar-refractivity contribution in [3.63, 3.8) is 0 Å². The normalized spacial score (nSPS) is 27.7. The number of esters is 1. The number of methoxy groups -OCH3 is 1. The molecule has 0 amide bonds. The van der Waals surface area contributed by atoms with E-state index >= 15 is 0 Å². The van der Waals surface area contributed by atoms with Crippen LogP contribution in [0.5, 0.6) is 5.75 Å². The summed E-state index contributed by atoms with van der Waals surface area (Å²) in [6.07, 6.45) is 6.21. The molecule has 0 fully saturated rings. The zero-order valence-corrected chi connectivity index (χ0v) is 14.8. The summed E-state index contributed by atoms with van der Waals surface area (Å²) in [5, 5.41) is 0. The third-order valence-corrected chi connectivity index (χ3v) is 6.07. The third-order valence-electron chi connectivity index (χ3n) is 6.07. The van der Waals surface area contributed by atoms with Crippen molar-refractivity contribution in [2.45, 2.75) is 44.9 Å². The number of allylic oxidation sites excluding steroid dienone is 1. The average Bonchev–Trinajstić information content (AvgIpc) is 2.94. The molecule has 1 aromatic carbocycles. The number of carbonyl (C=O) groups is 1. The van der Waals surface area contributed by atoms with Gasteiger partial charge < -0.3 is 9.47 Å². The van der Waals surface area contributed by atoms with Crippen molar-refractivity contribution < 1.29 is 14.3 Å².